The maximum absolute atomic E-state index is 13.1. The van der Waals surface area contributed by atoms with Crippen LogP contribution in [0.3, 0.4) is 0 Å². The van der Waals surface area contributed by atoms with Crippen LogP contribution in [0.5, 0.6) is 0 Å². The maximum atomic E-state index is 13.1. The summed E-state index contributed by atoms with van der Waals surface area (Å²) in [5.41, 5.74) is 1.46. The van der Waals surface area contributed by atoms with E-state index in [0.717, 1.165) is 0 Å². The summed E-state index contributed by atoms with van der Waals surface area (Å²) in [5.74, 6) is 0.214. The highest BCUT2D eigenvalue weighted by Crippen LogP contribution is 2.27. The molecule has 4 rings (SSSR count). The van der Waals surface area contributed by atoms with E-state index in [-0.39, 0.29) is 28.6 Å². The fourth-order valence-electron chi connectivity index (χ4n) is 2.29. The van der Waals surface area contributed by atoms with Gasteiger partial charge in [-0.25, -0.2) is 19.0 Å². The van der Waals surface area contributed by atoms with Crippen molar-refractivity contribution in [3.63, 3.8) is 0 Å². The summed E-state index contributed by atoms with van der Waals surface area (Å²) in [7, 11) is 0. The van der Waals surface area contributed by atoms with Crippen LogP contribution in [-0.2, 0) is 0 Å². The van der Waals surface area contributed by atoms with Gasteiger partial charge in [0.25, 0.3) is 5.69 Å². The summed E-state index contributed by atoms with van der Waals surface area (Å²) in [6.45, 7) is 0. The second-order valence-corrected chi connectivity index (χ2v) is 5.39. The highest BCUT2D eigenvalue weighted by Gasteiger charge is 2.14. The highest BCUT2D eigenvalue weighted by molar-refractivity contribution is 5.79. The second kappa shape index (κ2) is 6.63. The molecule has 0 aliphatic carbocycles. The Kier molecular flexibility index (Phi) is 4.01. The maximum Gasteiger partial charge on any atom is 0.269 e. The molecule has 10 nitrogen and oxygen atoms in total. The van der Waals surface area contributed by atoms with Crippen molar-refractivity contribution in [2.24, 2.45) is 0 Å². The van der Waals surface area contributed by atoms with Gasteiger partial charge in [0.05, 0.1) is 4.92 Å². The lowest BCUT2D eigenvalue weighted by atomic mass is 10.3. The minimum atomic E-state index is -0.488. The number of halogens is 1. The monoisotopic (exact) mass is 367 g/mol. The van der Waals surface area contributed by atoms with E-state index in [4.69, 9.17) is 0 Å². The standard InChI is InChI=1S/C16H10FN7O3/c17-9-1-3-10(4-2-9)18-13-14(21-16-15(20-13)22-27-23-16)19-11-5-7-12(8-6-11)24(25)26/h1-8H,(H,18,20,22)(H,19,21,23). The van der Waals surface area contributed by atoms with Crippen LogP contribution in [0, 0.1) is 15.9 Å². The van der Waals surface area contributed by atoms with E-state index in [9.17, 15) is 14.5 Å². The Hall–Kier alpha value is -4.15. The van der Waals surface area contributed by atoms with Crippen LogP contribution < -0.4 is 10.6 Å². The van der Waals surface area contributed by atoms with Gasteiger partial charge in [0.15, 0.2) is 11.6 Å². The first-order valence-corrected chi connectivity index (χ1v) is 7.63. The predicted octanol–water partition coefficient (Wildman–Crippen LogP) is 3.55. The Labute approximate surface area is 150 Å². The van der Waals surface area contributed by atoms with Gasteiger partial charge < -0.3 is 10.6 Å². The third-order valence-electron chi connectivity index (χ3n) is 3.56. The van der Waals surface area contributed by atoms with Crippen LogP contribution in [0.4, 0.5) is 33.1 Å². The predicted molar refractivity (Wildman–Crippen MR) is 93.5 cm³/mol. The quantitative estimate of drug-likeness (QED) is 0.401. The van der Waals surface area contributed by atoms with E-state index >= 15 is 0 Å². The molecule has 2 heterocycles. The second-order valence-electron chi connectivity index (χ2n) is 5.39. The third-order valence-corrected chi connectivity index (χ3v) is 3.56. The number of non-ortho nitro benzene ring substituents is 1. The van der Waals surface area contributed by atoms with Gasteiger partial charge in [-0.15, -0.1) is 0 Å². The number of nitrogens with one attached hydrogen (secondary N) is 2. The van der Waals surface area contributed by atoms with E-state index in [2.05, 4.69) is 35.5 Å². The zero-order valence-corrected chi connectivity index (χ0v) is 13.5. The van der Waals surface area contributed by atoms with Gasteiger partial charge in [0.2, 0.25) is 11.3 Å². The molecule has 0 aliphatic heterocycles. The normalized spacial score (nSPS) is 10.7. The van der Waals surface area contributed by atoms with Gasteiger partial charge in [0.1, 0.15) is 5.82 Å². The minimum absolute atomic E-state index is 0.0348. The number of aromatic nitrogens is 4. The number of rotatable bonds is 5. The number of nitro groups is 1. The molecule has 2 N–H and O–H groups in total. The van der Waals surface area contributed by atoms with Crippen LogP contribution in [0.25, 0.3) is 11.3 Å². The van der Waals surface area contributed by atoms with Crippen molar-refractivity contribution < 1.29 is 13.9 Å². The lowest BCUT2D eigenvalue weighted by Gasteiger charge is -2.11. The molecular weight excluding hydrogens is 357 g/mol. The Morgan fingerprint density at radius 2 is 1.33 bits per heavy atom. The first kappa shape index (κ1) is 16.3. The van der Waals surface area contributed by atoms with Crippen LogP contribution in [0.1, 0.15) is 0 Å². The molecule has 0 unspecified atom stereocenters. The van der Waals surface area contributed by atoms with E-state index in [1.165, 1.54) is 48.5 Å². The smallest absolute Gasteiger partial charge is 0.269 e. The summed E-state index contributed by atoms with van der Waals surface area (Å²) < 4.78 is 17.7. The van der Waals surface area contributed by atoms with Crippen molar-refractivity contribution >= 4 is 40.0 Å². The molecule has 0 saturated carbocycles. The van der Waals surface area contributed by atoms with E-state index in [1.807, 2.05) is 0 Å². The first-order valence-electron chi connectivity index (χ1n) is 7.63. The summed E-state index contributed by atoms with van der Waals surface area (Å²) >= 11 is 0. The number of nitrogens with zero attached hydrogens (tertiary/aromatic N) is 5. The zero-order valence-electron chi connectivity index (χ0n) is 13.5. The molecule has 2 aromatic carbocycles. The van der Waals surface area contributed by atoms with Crippen molar-refractivity contribution in [2.45, 2.75) is 0 Å². The number of nitro benzene ring substituents is 1. The largest absolute Gasteiger partial charge is 0.337 e. The van der Waals surface area contributed by atoms with Crippen molar-refractivity contribution in [1.29, 1.82) is 0 Å². The molecule has 0 spiro atoms. The summed E-state index contributed by atoms with van der Waals surface area (Å²) in [6.07, 6.45) is 0. The van der Waals surface area contributed by atoms with Crippen LogP contribution >= 0.6 is 0 Å². The zero-order chi connectivity index (χ0) is 18.8. The van der Waals surface area contributed by atoms with Gasteiger partial charge in [0, 0.05) is 23.5 Å². The fraction of sp³-hybridized carbons (Fsp3) is 0. The Bertz CT molecular complexity index is 1110. The van der Waals surface area contributed by atoms with Gasteiger partial charge in [-0.2, -0.15) is 0 Å². The number of hydrogen-bond acceptors (Lipinski definition) is 9. The molecule has 0 radical (unpaired) electrons. The molecule has 0 amide bonds. The highest BCUT2D eigenvalue weighted by atomic mass is 19.1. The topological polar surface area (TPSA) is 132 Å². The minimum Gasteiger partial charge on any atom is -0.337 e. The van der Waals surface area contributed by atoms with Crippen LogP contribution in [0.15, 0.2) is 53.2 Å². The van der Waals surface area contributed by atoms with Gasteiger partial charge in [-0.05, 0) is 46.7 Å². The van der Waals surface area contributed by atoms with Gasteiger partial charge in [-0.3, -0.25) is 10.1 Å². The van der Waals surface area contributed by atoms with Gasteiger partial charge >= 0.3 is 0 Å². The number of benzene rings is 2. The van der Waals surface area contributed by atoms with Crippen molar-refractivity contribution in [3.05, 3.63) is 64.5 Å². The van der Waals surface area contributed by atoms with Crippen molar-refractivity contribution in [1.82, 2.24) is 20.3 Å². The molecule has 0 bridgehead atoms. The molecule has 11 heteroatoms. The number of fused-ring (bicyclic) bond motifs is 1. The summed E-state index contributed by atoms with van der Waals surface area (Å²) in [5, 5.41) is 24.1. The molecule has 0 saturated heterocycles. The van der Waals surface area contributed by atoms with Crippen molar-refractivity contribution in [2.75, 3.05) is 10.6 Å². The lowest BCUT2D eigenvalue weighted by Crippen LogP contribution is -2.03. The summed E-state index contributed by atoms with van der Waals surface area (Å²) in [6, 6.07) is 11.5. The Morgan fingerprint density at radius 1 is 0.852 bits per heavy atom. The molecule has 0 atom stereocenters. The molecule has 27 heavy (non-hydrogen) atoms. The number of hydrogen-bond donors (Lipinski definition) is 2. The summed E-state index contributed by atoms with van der Waals surface area (Å²) in [4.78, 5) is 18.9. The van der Waals surface area contributed by atoms with Gasteiger partial charge in [-0.1, -0.05) is 0 Å². The van der Waals surface area contributed by atoms with Crippen LogP contribution in [-0.4, -0.2) is 25.2 Å². The molecule has 134 valence electrons. The van der Waals surface area contributed by atoms with E-state index in [1.54, 1.807) is 0 Å². The molecular formula is C16H10FN7O3. The molecule has 4 aromatic rings. The van der Waals surface area contributed by atoms with Crippen LogP contribution in [0.2, 0.25) is 0 Å². The SMILES string of the molecule is O=[N+]([O-])c1ccc(Nc2nc3nonc3nc2Nc2ccc(F)cc2)cc1. The third kappa shape index (κ3) is 3.46. The molecule has 0 fully saturated rings. The molecule has 2 aromatic heterocycles. The fourth-order valence-corrected chi connectivity index (χ4v) is 2.29. The lowest BCUT2D eigenvalue weighted by molar-refractivity contribution is -0.384. The average Bonchev–Trinajstić information content (AvgIpc) is 3.11. The van der Waals surface area contributed by atoms with E-state index in [0.29, 0.717) is 17.2 Å². The Balaban J connectivity index is 1.69. The first-order chi connectivity index (χ1) is 13.1. The number of anilines is 4. The molecule has 0 aliphatic rings. The van der Waals surface area contributed by atoms with E-state index < -0.39 is 4.92 Å². The van der Waals surface area contributed by atoms with Crippen molar-refractivity contribution in [3.8, 4) is 0 Å². The Morgan fingerprint density at radius 3 is 1.81 bits per heavy atom. The average molecular weight is 367 g/mol.